The molecule has 0 spiro atoms. The molecule has 0 radical (unpaired) electrons. The van der Waals surface area contributed by atoms with Gasteiger partial charge in [-0.2, -0.15) is 0 Å². The Morgan fingerprint density at radius 3 is 2.72 bits per heavy atom. The van der Waals surface area contributed by atoms with Gasteiger partial charge in [-0.05, 0) is 43.9 Å². The average molecular weight is 427 g/mol. The molecule has 6 nitrogen and oxygen atoms in total. The van der Waals surface area contributed by atoms with Crippen LogP contribution in [0.3, 0.4) is 0 Å². The van der Waals surface area contributed by atoms with Crippen molar-refractivity contribution < 1.29 is 4.79 Å². The zero-order chi connectivity index (χ0) is 20.5. The Morgan fingerprint density at radius 1 is 1.24 bits per heavy atom. The zero-order valence-corrected chi connectivity index (χ0v) is 17.9. The summed E-state index contributed by atoms with van der Waals surface area (Å²) < 4.78 is 2.03. The maximum Gasteiger partial charge on any atom is 0.267 e. The Morgan fingerprint density at radius 2 is 2.00 bits per heavy atom. The lowest BCUT2D eigenvalue weighted by atomic mass is 10.1. The maximum atomic E-state index is 13.4. The largest absolute Gasteiger partial charge is 0.356 e. The van der Waals surface area contributed by atoms with E-state index >= 15 is 0 Å². The Bertz CT molecular complexity index is 1100. The normalized spacial score (nSPS) is 18.9. The van der Waals surface area contributed by atoms with Gasteiger partial charge in [0.05, 0.1) is 10.5 Å². The summed E-state index contributed by atoms with van der Waals surface area (Å²) in [5.41, 5.74) is 1.84. The highest BCUT2D eigenvalue weighted by atomic mass is 32.2. The molecular formula is C21H22N4O2S2. The van der Waals surface area contributed by atoms with Crippen molar-refractivity contribution in [2.45, 2.75) is 26.2 Å². The van der Waals surface area contributed by atoms with Gasteiger partial charge in [-0.25, -0.2) is 4.98 Å². The van der Waals surface area contributed by atoms with E-state index in [0.29, 0.717) is 32.8 Å². The van der Waals surface area contributed by atoms with Crippen LogP contribution in [0.1, 0.15) is 30.4 Å². The number of rotatable bonds is 4. The molecule has 2 fully saturated rings. The van der Waals surface area contributed by atoms with Crippen LogP contribution in [0.4, 0.5) is 5.82 Å². The summed E-state index contributed by atoms with van der Waals surface area (Å²) in [6.45, 7) is 7.68. The molecule has 0 N–H and O–H groups in total. The number of hydrogen-bond donors (Lipinski definition) is 0. The van der Waals surface area contributed by atoms with Crippen LogP contribution >= 0.6 is 24.0 Å². The molecule has 2 aliphatic rings. The van der Waals surface area contributed by atoms with Crippen LogP contribution in [0, 0.1) is 6.92 Å². The molecule has 0 aromatic carbocycles. The summed E-state index contributed by atoms with van der Waals surface area (Å²) in [6, 6.07) is 3.80. The summed E-state index contributed by atoms with van der Waals surface area (Å²) in [6.07, 6.45) is 8.40. The number of aromatic nitrogens is 2. The Hall–Kier alpha value is -2.45. The van der Waals surface area contributed by atoms with E-state index in [1.807, 2.05) is 19.1 Å². The minimum absolute atomic E-state index is 0.173. The standard InChI is InChI=1S/C21H22N4O2S2/c1-3-9-24-20(27)16(29-21(24)28)12-15-18(23-10-5-4-6-11-23)22-17-8-7-14(2)13-25(17)19(15)26/h3,7-8,12-13H,1,4-6,9-11H2,2H3/b16-12-. The second kappa shape index (κ2) is 8.12. The van der Waals surface area contributed by atoms with Gasteiger partial charge in [-0.15, -0.1) is 6.58 Å². The molecule has 0 unspecified atom stereocenters. The third-order valence-electron chi connectivity index (χ3n) is 5.10. The first-order chi connectivity index (χ1) is 14.0. The number of nitrogens with zero attached hydrogens (tertiary/aromatic N) is 4. The predicted octanol–water partition coefficient (Wildman–Crippen LogP) is 3.38. The first kappa shape index (κ1) is 19.8. The van der Waals surface area contributed by atoms with E-state index in [2.05, 4.69) is 11.5 Å². The lowest BCUT2D eigenvalue weighted by Gasteiger charge is -2.29. The summed E-state index contributed by atoms with van der Waals surface area (Å²) in [5.74, 6) is 0.450. The first-order valence-corrected chi connectivity index (χ1v) is 10.9. The van der Waals surface area contributed by atoms with E-state index in [9.17, 15) is 9.59 Å². The van der Waals surface area contributed by atoms with Gasteiger partial charge in [-0.1, -0.05) is 36.1 Å². The number of hydrogen-bond acceptors (Lipinski definition) is 6. The first-order valence-electron chi connectivity index (χ1n) is 9.64. The lowest BCUT2D eigenvalue weighted by Crippen LogP contribution is -2.33. The zero-order valence-electron chi connectivity index (χ0n) is 16.3. The maximum absolute atomic E-state index is 13.4. The molecule has 0 atom stereocenters. The monoisotopic (exact) mass is 426 g/mol. The van der Waals surface area contributed by atoms with Crippen molar-refractivity contribution >= 4 is 51.7 Å². The highest BCUT2D eigenvalue weighted by Gasteiger charge is 2.32. The molecule has 4 rings (SSSR count). The van der Waals surface area contributed by atoms with E-state index in [-0.39, 0.29) is 11.5 Å². The Balaban J connectivity index is 1.88. The number of carbonyl (C=O) groups is 1. The van der Waals surface area contributed by atoms with Gasteiger partial charge < -0.3 is 4.90 Å². The fourth-order valence-corrected chi connectivity index (χ4v) is 4.89. The smallest absolute Gasteiger partial charge is 0.267 e. The van der Waals surface area contributed by atoms with Crippen molar-refractivity contribution in [3.63, 3.8) is 0 Å². The molecule has 0 saturated carbocycles. The van der Waals surface area contributed by atoms with Crippen LogP contribution in [-0.4, -0.2) is 44.1 Å². The van der Waals surface area contributed by atoms with E-state index < -0.39 is 0 Å². The van der Waals surface area contributed by atoms with E-state index in [1.165, 1.54) is 23.1 Å². The van der Waals surface area contributed by atoms with Crippen molar-refractivity contribution in [2.24, 2.45) is 0 Å². The fourth-order valence-electron chi connectivity index (χ4n) is 3.64. The van der Waals surface area contributed by atoms with Gasteiger partial charge in [0.1, 0.15) is 15.8 Å². The van der Waals surface area contributed by atoms with Gasteiger partial charge in [-0.3, -0.25) is 18.9 Å². The van der Waals surface area contributed by atoms with Gasteiger partial charge in [0.15, 0.2) is 0 Å². The van der Waals surface area contributed by atoms with E-state index in [0.717, 1.165) is 31.5 Å². The molecule has 0 bridgehead atoms. The van der Waals surface area contributed by atoms with Crippen LogP contribution in [0.25, 0.3) is 11.7 Å². The number of piperidine rings is 1. The second-order valence-corrected chi connectivity index (χ2v) is 8.89. The van der Waals surface area contributed by atoms with Crippen molar-refractivity contribution in [1.29, 1.82) is 0 Å². The SMILES string of the molecule is C=CCN1C(=O)/C(=C/c2c(N3CCCCC3)nc3ccc(C)cn3c2=O)SC1=S. The van der Waals surface area contributed by atoms with Crippen LogP contribution < -0.4 is 10.5 Å². The molecule has 150 valence electrons. The molecule has 2 aromatic heterocycles. The van der Waals surface area contributed by atoms with Gasteiger partial charge in [0, 0.05) is 25.8 Å². The molecule has 1 amide bonds. The molecule has 2 saturated heterocycles. The third-order valence-corrected chi connectivity index (χ3v) is 6.48. The number of anilines is 1. The minimum atomic E-state index is -0.196. The molecule has 4 heterocycles. The molecular weight excluding hydrogens is 404 g/mol. The van der Waals surface area contributed by atoms with Crippen LogP contribution in [-0.2, 0) is 4.79 Å². The Labute approximate surface area is 178 Å². The van der Waals surface area contributed by atoms with E-state index in [4.69, 9.17) is 17.2 Å². The van der Waals surface area contributed by atoms with Crippen molar-refractivity contribution in [3.8, 4) is 0 Å². The number of fused-ring (bicyclic) bond motifs is 1. The summed E-state index contributed by atoms with van der Waals surface area (Å²) in [5, 5.41) is 0. The number of pyridine rings is 1. The topological polar surface area (TPSA) is 57.9 Å². The molecule has 2 aliphatic heterocycles. The third kappa shape index (κ3) is 3.74. The van der Waals surface area contributed by atoms with E-state index in [1.54, 1.807) is 22.7 Å². The minimum Gasteiger partial charge on any atom is -0.356 e. The average Bonchev–Trinajstić information content (AvgIpc) is 2.99. The number of amides is 1. The number of thiocarbonyl (C=S) groups is 1. The molecule has 8 heteroatoms. The number of thioether (sulfide) groups is 1. The van der Waals surface area contributed by atoms with Crippen molar-refractivity contribution in [1.82, 2.24) is 14.3 Å². The highest BCUT2D eigenvalue weighted by molar-refractivity contribution is 8.26. The molecule has 2 aromatic rings. The van der Waals surface area contributed by atoms with Crippen molar-refractivity contribution in [2.75, 3.05) is 24.5 Å². The predicted molar refractivity (Wildman–Crippen MR) is 122 cm³/mol. The number of aryl methyl sites for hydroxylation is 1. The van der Waals surface area contributed by atoms with Gasteiger partial charge in [0.25, 0.3) is 11.5 Å². The van der Waals surface area contributed by atoms with Gasteiger partial charge in [0.2, 0.25) is 0 Å². The molecule has 29 heavy (non-hydrogen) atoms. The molecule has 0 aliphatic carbocycles. The summed E-state index contributed by atoms with van der Waals surface area (Å²) in [4.78, 5) is 35.1. The van der Waals surface area contributed by atoms with Crippen LogP contribution in [0.15, 0.2) is 40.7 Å². The summed E-state index contributed by atoms with van der Waals surface area (Å²) in [7, 11) is 0. The van der Waals surface area contributed by atoms with Crippen LogP contribution in [0.5, 0.6) is 0 Å². The van der Waals surface area contributed by atoms with Crippen LogP contribution in [0.2, 0.25) is 0 Å². The highest BCUT2D eigenvalue weighted by Crippen LogP contribution is 2.33. The second-order valence-electron chi connectivity index (χ2n) is 7.22. The number of carbonyl (C=O) groups excluding carboxylic acids is 1. The lowest BCUT2D eigenvalue weighted by molar-refractivity contribution is -0.121. The fraction of sp³-hybridized carbons (Fsp3) is 0.333. The Kier molecular flexibility index (Phi) is 5.56. The summed E-state index contributed by atoms with van der Waals surface area (Å²) >= 11 is 6.55. The van der Waals surface area contributed by atoms with Crippen molar-refractivity contribution in [3.05, 3.63) is 57.4 Å². The van der Waals surface area contributed by atoms with Gasteiger partial charge >= 0.3 is 0 Å². The quantitative estimate of drug-likeness (QED) is 0.424.